The average Bonchev–Trinajstić information content (AvgIpc) is 2.77. The number of ether oxygens (including phenoxy) is 3. The normalized spacial score (nSPS) is 14.8. The third-order valence-corrected chi connectivity index (χ3v) is 6.48. The van der Waals surface area contributed by atoms with Gasteiger partial charge in [-0.1, -0.05) is 11.6 Å². The minimum absolute atomic E-state index is 0.0920. The molecule has 0 aliphatic carbocycles. The van der Waals surface area contributed by atoms with Crippen molar-refractivity contribution in [2.75, 3.05) is 39.5 Å². The summed E-state index contributed by atoms with van der Waals surface area (Å²) in [5.74, 6) is -0.713. The van der Waals surface area contributed by atoms with Crippen molar-refractivity contribution in [3.63, 3.8) is 0 Å². The molecule has 0 radical (unpaired) electrons. The highest BCUT2D eigenvalue weighted by molar-refractivity contribution is 7.89. The van der Waals surface area contributed by atoms with E-state index in [4.69, 9.17) is 25.8 Å². The van der Waals surface area contributed by atoms with Crippen LogP contribution in [-0.2, 0) is 24.3 Å². The first-order valence-electron chi connectivity index (χ1n) is 9.11. The van der Waals surface area contributed by atoms with Crippen molar-refractivity contribution in [3.05, 3.63) is 59.1 Å². The van der Waals surface area contributed by atoms with Crippen molar-refractivity contribution in [2.45, 2.75) is 4.90 Å². The largest absolute Gasteiger partial charge is 0.482 e. The van der Waals surface area contributed by atoms with Crippen LogP contribution in [0, 0.1) is 0 Å². The summed E-state index contributed by atoms with van der Waals surface area (Å²) in [6, 6.07) is 12.0. The Kier molecular flexibility index (Phi) is 7.43. The summed E-state index contributed by atoms with van der Waals surface area (Å²) in [4.78, 5) is 24.1. The molecule has 0 bridgehead atoms. The number of benzene rings is 2. The molecule has 0 saturated carbocycles. The van der Waals surface area contributed by atoms with Crippen molar-refractivity contribution in [1.82, 2.24) is 4.31 Å². The Hall–Kier alpha value is -2.46. The zero-order valence-corrected chi connectivity index (χ0v) is 17.5. The molecule has 0 spiro atoms. The Balaban J connectivity index is 1.50. The van der Waals surface area contributed by atoms with Gasteiger partial charge in [0, 0.05) is 23.7 Å². The first-order valence-corrected chi connectivity index (χ1v) is 10.9. The molecular formula is C20H20ClNO7S. The van der Waals surface area contributed by atoms with Gasteiger partial charge in [-0.15, -0.1) is 0 Å². The van der Waals surface area contributed by atoms with E-state index in [1.165, 1.54) is 28.6 Å². The predicted molar refractivity (Wildman–Crippen MR) is 108 cm³/mol. The Morgan fingerprint density at radius 1 is 0.967 bits per heavy atom. The molecule has 0 aromatic heterocycles. The summed E-state index contributed by atoms with van der Waals surface area (Å²) < 4.78 is 41.8. The van der Waals surface area contributed by atoms with Crippen LogP contribution in [0.15, 0.2) is 53.4 Å². The van der Waals surface area contributed by atoms with Gasteiger partial charge in [-0.2, -0.15) is 4.31 Å². The van der Waals surface area contributed by atoms with Crippen LogP contribution in [0.3, 0.4) is 0 Å². The van der Waals surface area contributed by atoms with E-state index in [2.05, 4.69) is 0 Å². The first kappa shape index (κ1) is 22.2. The Morgan fingerprint density at radius 2 is 1.60 bits per heavy atom. The van der Waals surface area contributed by atoms with Crippen molar-refractivity contribution < 1.29 is 32.2 Å². The van der Waals surface area contributed by atoms with E-state index in [9.17, 15) is 18.0 Å². The van der Waals surface area contributed by atoms with Crippen LogP contribution in [0.25, 0.3) is 0 Å². The fourth-order valence-corrected chi connectivity index (χ4v) is 4.23. The van der Waals surface area contributed by atoms with Gasteiger partial charge in [0.25, 0.3) is 0 Å². The van der Waals surface area contributed by atoms with Crippen molar-refractivity contribution in [3.8, 4) is 5.75 Å². The summed E-state index contributed by atoms with van der Waals surface area (Å²) in [5, 5.41) is 0.541. The lowest BCUT2D eigenvalue weighted by Gasteiger charge is -2.26. The molecule has 10 heteroatoms. The average molecular weight is 454 g/mol. The highest BCUT2D eigenvalue weighted by Gasteiger charge is 2.26. The van der Waals surface area contributed by atoms with Gasteiger partial charge in [0.05, 0.1) is 18.1 Å². The standard InChI is InChI=1S/C20H20ClNO7S/c21-16-3-5-17(6-4-16)28-14-20(24)29-13-19(23)15-1-7-18(8-2-15)30(25,26)22-9-11-27-12-10-22/h1-8H,9-14H2. The molecule has 1 heterocycles. The van der Waals surface area contributed by atoms with Gasteiger partial charge in [-0.05, 0) is 48.5 Å². The molecule has 160 valence electrons. The number of carbonyl (C=O) groups is 2. The van der Waals surface area contributed by atoms with E-state index in [-0.39, 0.29) is 30.2 Å². The number of ketones is 1. The van der Waals surface area contributed by atoms with Crippen LogP contribution in [0.4, 0.5) is 0 Å². The lowest BCUT2D eigenvalue weighted by Crippen LogP contribution is -2.40. The molecule has 2 aromatic rings. The number of esters is 1. The maximum atomic E-state index is 12.6. The van der Waals surface area contributed by atoms with Gasteiger partial charge >= 0.3 is 5.97 Å². The smallest absolute Gasteiger partial charge is 0.344 e. The van der Waals surface area contributed by atoms with E-state index in [1.54, 1.807) is 24.3 Å². The maximum Gasteiger partial charge on any atom is 0.344 e. The van der Waals surface area contributed by atoms with Crippen LogP contribution in [0.1, 0.15) is 10.4 Å². The summed E-state index contributed by atoms with van der Waals surface area (Å²) in [7, 11) is -3.63. The Morgan fingerprint density at radius 3 is 2.23 bits per heavy atom. The monoisotopic (exact) mass is 453 g/mol. The van der Waals surface area contributed by atoms with Gasteiger partial charge in [0.15, 0.2) is 19.0 Å². The molecule has 0 N–H and O–H groups in total. The number of Topliss-reactive ketones (excluding diaryl/α,β-unsaturated/α-hetero) is 1. The fourth-order valence-electron chi connectivity index (χ4n) is 2.69. The minimum Gasteiger partial charge on any atom is -0.482 e. The molecular weight excluding hydrogens is 434 g/mol. The fraction of sp³-hybridized carbons (Fsp3) is 0.300. The number of hydrogen-bond acceptors (Lipinski definition) is 7. The Bertz CT molecular complexity index is 985. The van der Waals surface area contributed by atoms with Crippen LogP contribution in [0.5, 0.6) is 5.75 Å². The number of sulfonamides is 1. The van der Waals surface area contributed by atoms with Crippen molar-refractivity contribution in [2.24, 2.45) is 0 Å². The molecule has 1 aliphatic rings. The van der Waals surface area contributed by atoms with E-state index in [1.807, 2.05) is 0 Å². The molecule has 1 fully saturated rings. The van der Waals surface area contributed by atoms with Crippen LogP contribution < -0.4 is 4.74 Å². The number of nitrogens with zero attached hydrogens (tertiary/aromatic N) is 1. The van der Waals surface area contributed by atoms with Crippen LogP contribution in [-0.4, -0.2) is 64.0 Å². The topological polar surface area (TPSA) is 99.2 Å². The molecule has 30 heavy (non-hydrogen) atoms. The number of halogens is 1. The molecule has 0 atom stereocenters. The van der Waals surface area contributed by atoms with Crippen molar-refractivity contribution >= 4 is 33.4 Å². The van der Waals surface area contributed by atoms with Gasteiger partial charge in [-0.3, -0.25) is 4.79 Å². The van der Waals surface area contributed by atoms with E-state index in [0.717, 1.165) is 0 Å². The third kappa shape index (κ3) is 5.79. The first-order chi connectivity index (χ1) is 14.4. The van der Waals surface area contributed by atoms with Gasteiger partial charge in [0.2, 0.25) is 10.0 Å². The highest BCUT2D eigenvalue weighted by atomic mass is 35.5. The highest BCUT2D eigenvalue weighted by Crippen LogP contribution is 2.18. The molecule has 0 amide bonds. The summed E-state index contributed by atoms with van der Waals surface area (Å²) in [5.41, 5.74) is 0.238. The molecule has 1 aliphatic heterocycles. The summed E-state index contributed by atoms with van der Waals surface area (Å²) >= 11 is 5.77. The van der Waals surface area contributed by atoms with Crippen LogP contribution in [0.2, 0.25) is 5.02 Å². The minimum atomic E-state index is -3.63. The van der Waals surface area contributed by atoms with E-state index in [0.29, 0.717) is 24.0 Å². The van der Waals surface area contributed by atoms with Gasteiger partial charge in [0.1, 0.15) is 5.75 Å². The van der Waals surface area contributed by atoms with Gasteiger partial charge in [-0.25, -0.2) is 13.2 Å². The third-order valence-electron chi connectivity index (χ3n) is 4.32. The van der Waals surface area contributed by atoms with Gasteiger partial charge < -0.3 is 14.2 Å². The zero-order valence-electron chi connectivity index (χ0n) is 16.0. The van der Waals surface area contributed by atoms with E-state index < -0.39 is 28.4 Å². The second kappa shape index (κ2) is 10.0. The number of morpholine rings is 1. The van der Waals surface area contributed by atoms with Crippen LogP contribution >= 0.6 is 11.6 Å². The molecule has 2 aromatic carbocycles. The number of carbonyl (C=O) groups excluding carboxylic acids is 2. The summed E-state index contributed by atoms with van der Waals surface area (Å²) in [6.07, 6.45) is 0. The zero-order chi connectivity index (χ0) is 21.6. The molecule has 1 saturated heterocycles. The number of rotatable bonds is 8. The lowest BCUT2D eigenvalue weighted by molar-refractivity contribution is -0.144. The SMILES string of the molecule is O=C(COc1ccc(Cl)cc1)OCC(=O)c1ccc(S(=O)(=O)N2CCOCC2)cc1. The molecule has 0 unspecified atom stereocenters. The van der Waals surface area contributed by atoms with Crippen molar-refractivity contribution in [1.29, 1.82) is 0 Å². The molecule has 8 nitrogen and oxygen atoms in total. The second-order valence-corrected chi connectivity index (χ2v) is 8.74. The maximum absolute atomic E-state index is 12.6. The summed E-state index contributed by atoms with van der Waals surface area (Å²) in [6.45, 7) is 0.448. The number of hydrogen-bond donors (Lipinski definition) is 0. The molecule has 3 rings (SSSR count). The Labute approximate surface area is 179 Å². The van der Waals surface area contributed by atoms with E-state index >= 15 is 0 Å². The second-order valence-electron chi connectivity index (χ2n) is 6.37. The lowest BCUT2D eigenvalue weighted by atomic mass is 10.1. The quantitative estimate of drug-likeness (QED) is 0.446. The predicted octanol–water partition coefficient (Wildman–Crippen LogP) is 2.17.